The zero-order valence-electron chi connectivity index (χ0n) is 16.8. The molecule has 1 atom stereocenters. The molecule has 0 bridgehead atoms. The number of methoxy groups -OCH3 is 1. The molecule has 0 saturated heterocycles. The average Bonchev–Trinajstić information content (AvgIpc) is 3.02. The molecule has 1 unspecified atom stereocenters. The van der Waals surface area contributed by atoms with Crippen LogP contribution in [0.2, 0.25) is 0 Å². The maximum Gasteiger partial charge on any atom is 0.313 e. The van der Waals surface area contributed by atoms with Crippen LogP contribution in [-0.2, 0) is 9.53 Å². The van der Waals surface area contributed by atoms with Crippen molar-refractivity contribution in [2.45, 2.75) is 12.8 Å². The minimum atomic E-state index is -0.473. The molecule has 3 aromatic rings. The molecule has 3 aromatic carbocycles. The Bertz CT molecular complexity index is 1120. The molecule has 0 aliphatic carbocycles. The molecule has 4 rings (SSSR count). The maximum absolute atomic E-state index is 12.5. The van der Waals surface area contributed by atoms with Gasteiger partial charge in [0.1, 0.15) is 12.4 Å². The van der Waals surface area contributed by atoms with Gasteiger partial charge in [-0.2, -0.15) is 0 Å². The summed E-state index contributed by atoms with van der Waals surface area (Å²) in [6.07, 6.45) is 0. The van der Waals surface area contributed by atoms with Crippen LogP contribution in [-0.4, -0.2) is 42.9 Å². The quantitative estimate of drug-likeness (QED) is 0.463. The van der Waals surface area contributed by atoms with Crippen LogP contribution in [0.25, 0.3) is 10.8 Å². The molecular weight excluding hydrogens is 382 g/mol. The Morgan fingerprint density at radius 3 is 2.23 bits per heavy atom. The minimum absolute atomic E-state index is 0.0301. The van der Waals surface area contributed by atoms with E-state index < -0.39 is 11.9 Å². The first-order chi connectivity index (χ1) is 14.5. The lowest BCUT2D eigenvalue weighted by Gasteiger charge is -2.16. The van der Waals surface area contributed by atoms with Crippen molar-refractivity contribution in [3.8, 4) is 5.75 Å². The Morgan fingerprint density at radius 1 is 0.933 bits per heavy atom. The summed E-state index contributed by atoms with van der Waals surface area (Å²) >= 11 is 0. The standard InChI is InChI=1S/C24H21NO5/c1-15(16-7-8-18-14-19(29-2)10-9-17(18)13-16)24(28)30-12-11-25-22(26)20-5-3-4-6-21(20)23(25)27/h3-10,13-15H,11-12H2,1-2H3. The number of carbonyl (C=O) groups is 3. The Balaban J connectivity index is 1.38. The van der Waals surface area contributed by atoms with E-state index in [0.29, 0.717) is 11.1 Å². The first-order valence-electron chi connectivity index (χ1n) is 9.69. The van der Waals surface area contributed by atoms with Gasteiger partial charge in [-0.15, -0.1) is 0 Å². The zero-order valence-corrected chi connectivity index (χ0v) is 16.8. The van der Waals surface area contributed by atoms with E-state index in [1.165, 1.54) is 0 Å². The van der Waals surface area contributed by atoms with E-state index in [4.69, 9.17) is 9.47 Å². The second-order valence-electron chi connectivity index (χ2n) is 7.17. The first kappa shape index (κ1) is 19.6. The van der Waals surface area contributed by atoms with Gasteiger partial charge in [0.05, 0.1) is 30.7 Å². The van der Waals surface area contributed by atoms with Crippen LogP contribution in [0.3, 0.4) is 0 Å². The van der Waals surface area contributed by atoms with E-state index in [2.05, 4.69) is 0 Å². The molecule has 6 heteroatoms. The van der Waals surface area contributed by atoms with E-state index >= 15 is 0 Å². The molecule has 0 fully saturated rings. The van der Waals surface area contributed by atoms with Crippen molar-refractivity contribution < 1.29 is 23.9 Å². The number of benzene rings is 3. The molecule has 152 valence electrons. The van der Waals surface area contributed by atoms with E-state index in [-0.39, 0.29) is 25.0 Å². The third-order valence-corrected chi connectivity index (χ3v) is 5.36. The number of ether oxygens (including phenoxy) is 2. The molecule has 6 nitrogen and oxygen atoms in total. The van der Waals surface area contributed by atoms with Crippen molar-refractivity contribution in [2.75, 3.05) is 20.3 Å². The van der Waals surface area contributed by atoms with Crippen molar-refractivity contribution in [3.05, 3.63) is 77.4 Å². The summed E-state index contributed by atoms with van der Waals surface area (Å²) in [6, 6.07) is 18.2. The fourth-order valence-corrected chi connectivity index (χ4v) is 3.58. The molecule has 30 heavy (non-hydrogen) atoms. The van der Waals surface area contributed by atoms with Gasteiger partial charge in [0.25, 0.3) is 11.8 Å². The van der Waals surface area contributed by atoms with Gasteiger partial charge in [0.15, 0.2) is 0 Å². The van der Waals surface area contributed by atoms with Gasteiger partial charge < -0.3 is 9.47 Å². The number of rotatable bonds is 6. The molecule has 1 aliphatic heterocycles. The summed E-state index contributed by atoms with van der Waals surface area (Å²) < 4.78 is 10.6. The largest absolute Gasteiger partial charge is 0.497 e. The molecule has 1 aliphatic rings. The lowest BCUT2D eigenvalue weighted by Crippen LogP contribution is -2.33. The topological polar surface area (TPSA) is 72.9 Å². The monoisotopic (exact) mass is 403 g/mol. The summed E-state index contributed by atoms with van der Waals surface area (Å²) in [5.74, 6) is -0.816. The molecule has 0 aromatic heterocycles. The fourth-order valence-electron chi connectivity index (χ4n) is 3.58. The van der Waals surface area contributed by atoms with Crippen molar-refractivity contribution >= 4 is 28.6 Å². The molecule has 2 amide bonds. The predicted molar refractivity (Wildman–Crippen MR) is 112 cm³/mol. The van der Waals surface area contributed by atoms with Crippen LogP contribution in [0.1, 0.15) is 39.1 Å². The first-order valence-corrected chi connectivity index (χ1v) is 9.69. The number of hydrogen-bond acceptors (Lipinski definition) is 5. The molecule has 0 N–H and O–H groups in total. The molecule has 0 saturated carbocycles. The number of esters is 1. The highest BCUT2D eigenvalue weighted by molar-refractivity contribution is 6.21. The fraction of sp³-hybridized carbons (Fsp3) is 0.208. The minimum Gasteiger partial charge on any atom is -0.497 e. The van der Waals surface area contributed by atoms with E-state index in [9.17, 15) is 14.4 Å². The Morgan fingerprint density at radius 2 is 1.57 bits per heavy atom. The summed E-state index contributed by atoms with van der Waals surface area (Å²) in [7, 11) is 1.62. The lowest BCUT2D eigenvalue weighted by molar-refractivity contribution is -0.145. The predicted octanol–water partition coefficient (Wildman–Crippen LogP) is 3.79. The molecular formula is C24H21NO5. The third kappa shape index (κ3) is 3.52. The second-order valence-corrected chi connectivity index (χ2v) is 7.17. The van der Waals surface area contributed by atoms with Gasteiger partial charge in [-0.25, -0.2) is 0 Å². The number of nitrogens with zero attached hydrogens (tertiary/aromatic N) is 1. The Kier molecular flexibility index (Phi) is 5.23. The normalized spacial score (nSPS) is 14.0. The number of hydrogen-bond donors (Lipinski definition) is 0. The number of imide groups is 1. The summed E-state index contributed by atoms with van der Waals surface area (Å²) in [6.45, 7) is 1.76. The molecule has 1 heterocycles. The average molecular weight is 403 g/mol. The highest BCUT2D eigenvalue weighted by atomic mass is 16.5. The maximum atomic E-state index is 12.5. The van der Waals surface area contributed by atoms with Crippen molar-refractivity contribution in [1.82, 2.24) is 4.90 Å². The number of amides is 2. The molecule has 0 spiro atoms. The van der Waals surface area contributed by atoms with E-state index in [1.807, 2.05) is 36.4 Å². The number of carbonyl (C=O) groups excluding carboxylic acids is 3. The van der Waals surface area contributed by atoms with Crippen molar-refractivity contribution in [3.63, 3.8) is 0 Å². The van der Waals surface area contributed by atoms with Gasteiger partial charge in [-0.3, -0.25) is 19.3 Å². The highest BCUT2D eigenvalue weighted by Crippen LogP contribution is 2.26. The Hall–Kier alpha value is -3.67. The van der Waals surface area contributed by atoms with Crippen LogP contribution in [0.15, 0.2) is 60.7 Å². The smallest absolute Gasteiger partial charge is 0.313 e. The van der Waals surface area contributed by atoms with Crippen molar-refractivity contribution in [2.24, 2.45) is 0 Å². The van der Waals surface area contributed by atoms with Gasteiger partial charge in [-0.05, 0) is 47.5 Å². The lowest BCUT2D eigenvalue weighted by atomic mass is 9.98. The van der Waals surface area contributed by atoms with Crippen molar-refractivity contribution in [1.29, 1.82) is 0 Å². The van der Waals surface area contributed by atoms with Gasteiger partial charge in [0.2, 0.25) is 0 Å². The number of fused-ring (bicyclic) bond motifs is 2. The second kappa shape index (κ2) is 7.99. The summed E-state index contributed by atoms with van der Waals surface area (Å²) in [5, 5.41) is 2.02. The molecule has 0 radical (unpaired) electrons. The van der Waals surface area contributed by atoms with Crippen LogP contribution >= 0.6 is 0 Å². The van der Waals surface area contributed by atoms with E-state index in [1.54, 1.807) is 38.3 Å². The summed E-state index contributed by atoms with van der Waals surface area (Å²) in [5.41, 5.74) is 1.60. The third-order valence-electron chi connectivity index (χ3n) is 5.36. The van der Waals surface area contributed by atoms with E-state index in [0.717, 1.165) is 27.0 Å². The SMILES string of the molecule is COc1ccc2cc(C(C)C(=O)OCCN3C(=O)c4ccccc4C3=O)ccc2c1. The van der Waals surface area contributed by atoms with Gasteiger partial charge in [-0.1, -0.05) is 36.4 Å². The Labute approximate surface area is 174 Å². The van der Waals surface area contributed by atoms with Crippen LogP contribution < -0.4 is 4.74 Å². The zero-order chi connectivity index (χ0) is 21.3. The van der Waals surface area contributed by atoms with Gasteiger partial charge in [0, 0.05) is 0 Å². The van der Waals surface area contributed by atoms with Crippen LogP contribution in [0, 0.1) is 0 Å². The van der Waals surface area contributed by atoms with Crippen LogP contribution in [0.5, 0.6) is 5.75 Å². The summed E-state index contributed by atoms with van der Waals surface area (Å²) in [4.78, 5) is 38.3. The highest BCUT2D eigenvalue weighted by Gasteiger charge is 2.35. The van der Waals surface area contributed by atoms with Crippen LogP contribution in [0.4, 0.5) is 0 Å². The van der Waals surface area contributed by atoms with Gasteiger partial charge >= 0.3 is 5.97 Å².